The predicted octanol–water partition coefficient (Wildman–Crippen LogP) is 6.68. The van der Waals surface area contributed by atoms with Crippen LogP contribution in [0, 0.1) is 32.6 Å². The summed E-state index contributed by atoms with van der Waals surface area (Å²) in [5, 5.41) is 6.53. The normalized spacial score (nSPS) is 11.7. The summed E-state index contributed by atoms with van der Waals surface area (Å²) in [4.78, 5) is 17.1. The molecule has 0 unspecified atom stereocenters. The van der Waals surface area contributed by atoms with Crippen molar-refractivity contribution < 1.29 is 31.1 Å². The van der Waals surface area contributed by atoms with Crippen LogP contribution in [-0.2, 0) is 19.4 Å². The number of benzene rings is 2. The number of pyridine rings is 1. The number of alkyl halides is 6. The molecule has 212 valence electrons. The number of nitrogen functional groups attached to an aromatic ring is 1. The summed E-state index contributed by atoms with van der Waals surface area (Å²) in [6, 6.07) is 6.98. The predicted molar refractivity (Wildman–Crippen MR) is 142 cm³/mol. The molecule has 2 aromatic heterocycles. The van der Waals surface area contributed by atoms with Gasteiger partial charge in [-0.15, -0.1) is 0 Å². The molecule has 6 nitrogen and oxygen atoms in total. The van der Waals surface area contributed by atoms with Crippen LogP contribution in [0.5, 0.6) is 0 Å². The number of nitrogens with two attached hydrogens (primary N) is 1. The van der Waals surface area contributed by atoms with Crippen LogP contribution in [-0.4, -0.2) is 20.7 Å². The lowest BCUT2D eigenvalue weighted by Gasteiger charge is -2.15. The Labute approximate surface area is 231 Å². The minimum Gasteiger partial charge on any atom is -0.383 e. The molecule has 0 aliphatic carbocycles. The second-order valence-corrected chi connectivity index (χ2v) is 9.35. The van der Waals surface area contributed by atoms with E-state index in [2.05, 4.69) is 27.2 Å². The molecule has 2 aromatic carbocycles. The summed E-state index contributed by atoms with van der Waals surface area (Å²) < 4.78 is 80.9. The molecular formula is C29H23F6N5O. The van der Waals surface area contributed by atoms with E-state index in [0.29, 0.717) is 28.8 Å². The lowest BCUT2D eigenvalue weighted by Crippen LogP contribution is -2.16. The number of nitrogens with one attached hydrogen (secondary N) is 1. The molecule has 0 radical (unpaired) electrons. The van der Waals surface area contributed by atoms with E-state index in [9.17, 15) is 31.1 Å². The third-order valence-corrected chi connectivity index (χ3v) is 6.39. The van der Waals surface area contributed by atoms with Crippen LogP contribution < -0.4 is 11.1 Å². The zero-order valence-electron chi connectivity index (χ0n) is 22.2. The first-order valence-corrected chi connectivity index (χ1v) is 12.0. The summed E-state index contributed by atoms with van der Waals surface area (Å²) in [7, 11) is 1.82. The highest BCUT2D eigenvalue weighted by Crippen LogP contribution is 2.37. The Bertz CT molecular complexity index is 1690. The van der Waals surface area contributed by atoms with Crippen LogP contribution in [0.1, 0.15) is 49.6 Å². The van der Waals surface area contributed by atoms with Gasteiger partial charge >= 0.3 is 12.4 Å². The van der Waals surface area contributed by atoms with Crippen molar-refractivity contribution in [3.63, 3.8) is 0 Å². The minimum atomic E-state index is -5.05. The highest BCUT2D eigenvalue weighted by Gasteiger charge is 2.37. The molecule has 2 heterocycles. The fourth-order valence-electron chi connectivity index (χ4n) is 4.17. The van der Waals surface area contributed by atoms with E-state index in [1.54, 1.807) is 29.9 Å². The standard InChI is InChI=1S/C29H23F6N5O/c1-15-5-6-20(27(41)38-24-12-22(28(30,31)32)11-23(13-24)29(33,34)35)9-18(15)7-8-19-10-21(14-37-26(19)36)25-16(2)39-40(4)17(25)3/h5-6,9-14H,1-4H3,(H2,36,37)(H,38,41). The second kappa shape index (κ2) is 10.6. The highest BCUT2D eigenvalue weighted by atomic mass is 19.4. The van der Waals surface area contributed by atoms with Gasteiger partial charge in [-0.2, -0.15) is 31.4 Å². The fourth-order valence-corrected chi connectivity index (χ4v) is 4.17. The number of hydrogen-bond acceptors (Lipinski definition) is 4. The van der Waals surface area contributed by atoms with Crippen molar-refractivity contribution in [3.05, 3.63) is 93.4 Å². The Morgan fingerprint density at radius 2 is 1.51 bits per heavy atom. The molecule has 0 atom stereocenters. The molecule has 0 bridgehead atoms. The van der Waals surface area contributed by atoms with Crippen molar-refractivity contribution in [1.29, 1.82) is 0 Å². The number of aromatic nitrogens is 3. The van der Waals surface area contributed by atoms with Gasteiger partial charge < -0.3 is 11.1 Å². The summed E-state index contributed by atoms with van der Waals surface area (Å²) in [6.45, 7) is 5.52. The van der Waals surface area contributed by atoms with Crippen LogP contribution >= 0.6 is 0 Å². The van der Waals surface area contributed by atoms with E-state index in [-0.39, 0.29) is 17.4 Å². The Balaban J connectivity index is 1.66. The van der Waals surface area contributed by atoms with Gasteiger partial charge in [0, 0.05) is 46.9 Å². The van der Waals surface area contributed by atoms with E-state index < -0.39 is 35.1 Å². The largest absolute Gasteiger partial charge is 0.416 e. The van der Waals surface area contributed by atoms with Crippen molar-refractivity contribution in [1.82, 2.24) is 14.8 Å². The molecule has 0 aliphatic heterocycles. The SMILES string of the molecule is Cc1ccc(C(=O)Nc2cc(C(F)(F)F)cc(C(F)(F)F)c2)cc1C#Cc1cc(-c2c(C)nn(C)c2C)cnc1N. The average Bonchev–Trinajstić information content (AvgIpc) is 3.13. The van der Waals surface area contributed by atoms with Gasteiger partial charge in [0.25, 0.3) is 5.91 Å². The second-order valence-electron chi connectivity index (χ2n) is 9.35. The first kappa shape index (κ1) is 29.2. The first-order valence-electron chi connectivity index (χ1n) is 12.0. The van der Waals surface area contributed by atoms with Crippen molar-refractivity contribution in [2.45, 2.75) is 33.1 Å². The van der Waals surface area contributed by atoms with E-state index in [1.165, 1.54) is 12.1 Å². The van der Waals surface area contributed by atoms with Gasteiger partial charge in [-0.3, -0.25) is 9.48 Å². The van der Waals surface area contributed by atoms with Crippen LogP contribution in [0.3, 0.4) is 0 Å². The van der Waals surface area contributed by atoms with Gasteiger partial charge in [0.05, 0.1) is 22.4 Å². The maximum atomic E-state index is 13.2. The first-order chi connectivity index (χ1) is 19.0. The molecule has 0 spiro atoms. The maximum absolute atomic E-state index is 13.2. The Morgan fingerprint density at radius 1 is 0.902 bits per heavy atom. The fraction of sp³-hybridized carbons (Fsp3) is 0.207. The van der Waals surface area contributed by atoms with E-state index in [4.69, 9.17) is 5.73 Å². The molecule has 4 rings (SSSR count). The molecule has 4 aromatic rings. The lowest BCUT2D eigenvalue weighted by atomic mass is 10.0. The van der Waals surface area contributed by atoms with Crippen LogP contribution in [0.25, 0.3) is 11.1 Å². The molecule has 3 N–H and O–H groups in total. The third-order valence-electron chi connectivity index (χ3n) is 6.39. The molecule has 0 saturated carbocycles. The van der Waals surface area contributed by atoms with Crippen molar-refractivity contribution >= 4 is 17.4 Å². The summed E-state index contributed by atoms with van der Waals surface area (Å²) in [6.07, 6.45) is -8.47. The van der Waals surface area contributed by atoms with Crippen LogP contribution in [0.2, 0.25) is 0 Å². The van der Waals surface area contributed by atoms with Crippen LogP contribution in [0.15, 0.2) is 48.7 Å². The van der Waals surface area contributed by atoms with Gasteiger partial charge in [0.1, 0.15) is 5.82 Å². The monoisotopic (exact) mass is 571 g/mol. The molecule has 0 saturated heterocycles. The van der Waals surface area contributed by atoms with Gasteiger partial charge in [-0.25, -0.2) is 4.98 Å². The number of aryl methyl sites for hydroxylation is 3. The molecule has 12 heteroatoms. The number of anilines is 2. The number of halogens is 6. The van der Waals surface area contributed by atoms with Crippen molar-refractivity contribution in [3.8, 4) is 23.0 Å². The summed E-state index contributed by atoms with van der Waals surface area (Å²) in [5.74, 6) is 5.14. The lowest BCUT2D eigenvalue weighted by molar-refractivity contribution is -0.143. The Hall–Kier alpha value is -4.79. The van der Waals surface area contributed by atoms with Crippen molar-refractivity contribution in [2.75, 3.05) is 11.1 Å². The molecule has 1 amide bonds. The number of carbonyl (C=O) groups is 1. The Morgan fingerprint density at radius 3 is 2.07 bits per heavy atom. The third kappa shape index (κ3) is 6.35. The van der Waals surface area contributed by atoms with E-state index >= 15 is 0 Å². The quantitative estimate of drug-likeness (QED) is 0.212. The number of hydrogen-bond donors (Lipinski definition) is 2. The molecule has 0 fully saturated rings. The van der Waals surface area contributed by atoms with Gasteiger partial charge in [-0.1, -0.05) is 17.9 Å². The van der Waals surface area contributed by atoms with Gasteiger partial charge in [0.15, 0.2) is 0 Å². The number of amides is 1. The summed E-state index contributed by atoms with van der Waals surface area (Å²) in [5.41, 5.74) is 7.16. The molecule has 41 heavy (non-hydrogen) atoms. The maximum Gasteiger partial charge on any atom is 0.416 e. The van der Waals surface area contributed by atoms with Crippen LogP contribution in [0.4, 0.5) is 37.8 Å². The molecular weight excluding hydrogens is 548 g/mol. The molecule has 0 aliphatic rings. The number of carbonyl (C=O) groups excluding carboxylic acids is 1. The van der Waals surface area contributed by atoms with Gasteiger partial charge in [0.2, 0.25) is 0 Å². The zero-order chi connectivity index (χ0) is 30.3. The summed E-state index contributed by atoms with van der Waals surface area (Å²) >= 11 is 0. The van der Waals surface area contributed by atoms with E-state index in [1.807, 2.05) is 20.9 Å². The zero-order valence-corrected chi connectivity index (χ0v) is 22.2. The Kier molecular flexibility index (Phi) is 7.58. The number of nitrogens with zero attached hydrogens (tertiary/aromatic N) is 3. The minimum absolute atomic E-state index is 0.0122. The number of rotatable bonds is 3. The smallest absolute Gasteiger partial charge is 0.383 e. The van der Waals surface area contributed by atoms with Gasteiger partial charge in [-0.05, 0) is 62.7 Å². The van der Waals surface area contributed by atoms with Crippen molar-refractivity contribution in [2.24, 2.45) is 7.05 Å². The average molecular weight is 572 g/mol. The van der Waals surface area contributed by atoms with E-state index in [0.717, 1.165) is 22.5 Å². The topological polar surface area (TPSA) is 85.8 Å². The highest BCUT2D eigenvalue weighted by molar-refractivity contribution is 6.04.